The fourth-order valence-electron chi connectivity index (χ4n) is 3.83. The Morgan fingerprint density at radius 1 is 0.750 bits per heavy atom. The first kappa shape index (κ1) is 18.6. The van der Waals surface area contributed by atoms with Crippen molar-refractivity contribution in [2.24, 2.45) is 0 Å². The van der Waals surface area contributed by atoms with Crippen LogP contribution in [0.5, 0.6) is 0 Å². The summed E-state index contributed by atoms with van der Waals surface area (Å²) in [6.45, 7) is 6.59. The standard InChI is InChI=1S/C25H29N3/c1-20-13-14-23(28-17-15-27(2)16-18-28)19-24(20)26-25(21-9-5-3-6-10-21)22-11-7-4-8-12-22/h3-14,19,25-26H,15-18H2,1-2H3. The van der Waals surface area contributed by atoms with E-state index in [1.807, 2.05) is 0 Å². The molecule has 1 N–H and O–H groups in total. The lowest BCUT2D eigenvalue weighted by atomic mass is 9.98. The van der Waals surface area contributed by atoms with Crippen LogP contribution >= 0.6 is 0 Å². The molecule has 1 aliphatic heterocycles. The second kappa shape index (κ2) is 8.49. The normalized spacial score (nSPS) is 15.0. The largest absolute Gasteiger partial charge is 0.374 e. The highest BCUT2D eigenvalue weighted by molar-refractivity contribution is 5.64. The molecule has 1 heterocycles. The van der Waals surface area contributed by atoms with Gasteiger partial charge in [-0.3, -0.25) is 0 Å². The summed E-state index contributed by atoms with van der Waals surface area (Å²) in [4.78, 5) is 4.88. The number of likely N-dealkylation sites (N-methyl/N-ethyl adjacent to an activating group) is 1. The molecule has 0 atom stereocenters. The zero-order valence-corrected chi connectivity index (χ0v) is 16.8. The third-order valence-corrected chi connectivity index (χ3v) is 5.66. The minimum Gasteiger partial charge on any atom is -0.374 e. The molecule has 3 heteroatoms. The van der Waals surface area contributed by atoms with Crippen molar-refractivity contribution in [3.8, 4) is 0 Å². The summed E-state index contributed by atoms with van der Waals surface area (Å²) in [5.41, 5.74) is 6.33. The van der Waals surface area contributed by atoms with E-state index >= 15 is 0 Å². The molecule has 28 heavy (non-hydrogen) atoms. The summed E-state index contributed by atoms with van der Waals surface area (Å²) in [6, 6.07) is 28.3. The number of nitrogens with one attached hydrogen (secondary N) is 1. The van der Waals surface area contributed by atoms with E-state index in [-0.39, 0.29) is 6.04 Å². The quantitative estimate of drug-likeness (QED) is 0.685. The Morgan fingerprint density at radius 2 is 1.32 bits per heavy atom. The van der Waals surface area contributed by atoms with Crippen LogP contribution in [0.3, 0.4) is 0 Å². The number of hydrogen-bond acceptors (Lipinski definition) is 3. The van der Waals surface area contributed by atoms with E-state index in [4.69, 9.17) is 0 Å². The Kier molecular flexibility index (Phi) is 5.63. The topological polar surface area (TPSA) is 18.5 Å². The summed E-state index contributed by atoms with van der Waals surface area (Å²) >= 11 is 0. The van der Waals surface area contributed by atoms with Gasteiger partial charge in [-0.1, -0.05) is 66.7 Å². The van der Waals surface area contributed by atoms with Crippen LogP contribution in [0.25, 0.3) is 0 Å². The third-order valence-electron chi connectivity index (χ3n) is 5.66. The number of piperazine rings is 1. The van der Waals surface area contributed by atoms with E-state index in [0.717, 1.165) is 26.2 Å². The van der Waals surface area contributed by atoms with Gasteiger partial charge in [-0.05, 0) is 42.8 Å². The van der Waals surface area contributed by atoms with Gasteiger partial charge < -0.3 is 15.1 Å². The zero-order chi connectivity index (χ0) is 19.3. The summed E-state index contributed by atoms with van der Waals surface area (Å²) in [5.74, 6) is 0. The van der Waals surface area contributed by atoms with Gasteiger partial charge in [-0.25, -0.2) is 0 Å². The maximum absolute atomic E-state index is 3.83. The van der Waals surface area contributed by atoms with Crippen LogP contribution in [-0.2, 0) is 0 Å². The Labute approximate surface area is 168 Å². The van der Waals surface area contributed by atoms with Gasteiger partial charge in [-0.2, -0.15) is 0 Å². The second-order valence-electron chi connectivity index (χ2n) is 7.69. The molecule has 0 aromatic heterocycles. The Balaban J connectivity index is 1.64. The molecule has 0 bridgehead atoms. The number of benzene rings is 3. The van der Waals surface area contributed by atoms with Crippen molar-refractivity contribution in [2.75, 3.05) is 43.4 Å². The average molecular weight is 372 g/mol. The minimum atomic E-state index is 0.129. The number of hydrogen-bond donors (Lipinski definition) is 1. The maximum Gasteiger partial charge on any atom is 0.0767 e. The van der Waals surface area contributed by atoms with Gasteiger partial charge in [0.15, 0.2) is 0 Å². The van der Waals surface area contributed by atoms with E-state index in [1.165, 1.54) is 28.1 Å². The van der Waals surface area contributed by atoms with Crippen molar-refractivity contribution in [3.05, 3.63) is 95.6 Å². The van der Waals surface area contributed by atoms with Crippen LogP contribution in [0.1, 0.15) is 22.7 Å². The summed E-state index contributed by atoms with van der Waals surface area (Å²) in [7, 11) is 2.20. The van der Waals surface area contributed by atoms with Gasteiger partial charge >= 0.3 is 0 Å². The molecule has 0 saturated carbocycles. The van der Waals surface area contributed by atoms with E-state index in [0.29, 0.717) is 0 Å². The Morgan fingerprint density at radius 3 is 1.89 bits per heavy atom. The van der Waals surface area contributed by atoms with Crippen molar-refractivity contribution in [1.29, 1.82) is 0 Å². The van der Waals surface area contributed by atoms with E-state index in [1.54, 1.807) is 0 Å². The second-order valence-corrected chi connectivity index (χ2v) is 7.69. The first-order valence-corrected chi connectivity index (χ1v) is 10.1. The third kappa shape index (κ3) is 4.20. The molecule has 0 amide bonds. The van der Waals surface area contributed by atoms with Gasteiger partial charge in [0.25, 0.3) is 0 Å². The van der Waals surface area contributed by atoms with Gasteiger partial charge in [0.05, 0.1) is 6.04 Å². The molecule has 1 aliphatic rings. The summed E-state index contributed by atoms with van der Waals surface area (Å²) in [5, 5.41) is 3.83. The Bertz CT molecular complexity index is 845. The van der Waals surface area contributed by atoms with Crippen molar-refractivity contribution < 1.29 is 0 Å². The van der Waals surface area contributed by atoms with Crippen molar-refractivity contribution in [3.63, 3.8) is 0 Å². The molecule has 0 radical (unpaired) electrons. The van der Waals surface area contributed by atoms with Crippen LogP contribution in [-0.4, -0.2) is 38.1 Å². The number of nitrogens with zero attached hydrogens (tertiary/aromatic N) is 2. The van der Waals surface area contributed by atoms with Crippen LogP contribution < -0.4 is 10.2 Å². The lowest BCUT2D eigenvalue weighted by Crippen LogP contribution is -2.44. The predicted octanol–water partition coefficient (Wildman–Crippen LogP) is 4.95. The van der Waals surface area contributed by atoms with Gasteiger partial charge in [0.2, 0.25) is 0 Å². The molecule has 0 unspecified atom stereocenters. The average Bonchev–Trinajstić information content (AvgIpc) is 2.75. The number of rotatable bonds is 5. The van der Waals surface area contributed by atoms with E-state index in [9.17, 15) is 0 Å². The number of anilines is 2. The van der Waals surface area contributed by atoms with Crippen LogP contribution in [0.2, 0.25) is 0 Å². The highest BCUT2D eigenvalue weighted by Gasteiger charge is 2.18. The van der Waals surface area contributed by atoms with Gasteiger partial charge in [0, 0.05) is 37.6 Å². The lowest BCUT2D eigenvalue weighted by Gasteiger charge is -2.34. The molecule has 3 aromatic rings. The molecule has 1 saturated heterocycles. The highest BCUT2D eigenvalue weighted by Crippen LogP contribution is 2.31. The summed E-state index contributed by atoms with van der Waals surface area (Å²) in [6.07, 6.45) is 0. The Hall–Kier alpha value is -2.78. The fourth-order valence-corrected chi connectivity index (χ4v) is 3.83. The van der Waals surface area contributed by atoms with Gasteiger partial charge in [-0.15, -0.1) is 0 Å². The molecule has 1 fully saturated rings. The number of aryl methyl sites for hydroxylation is 1. The fraction of sp³-hybridized carbons (Fsp3) is 0.280. The molecule has 3 aromatic carbocycles. The molecule has 144 valence electrons. The molecule has 0 aliphatic carbocycles. The van der Waals surface area contributed by atoms with Crippen molar-refractivity contribution in [2.45, 2.75) is 13.0 Å². The first-order chi connectivity index (χ1) is 13.7. The van der Waals surface area contributed by atoms with Crippen LogP contribution in [0, 0.1) is 6.92 Å². The van der Waals surface area contributed by atoms with Crippen LogP contribution in [0.15, 0.2) is 78.9 Å². The van der Waals surface area contributed by atoms with Gasteiger partial charge in [0.1, 0.15) is 0 Å². The zero-order valence-electron chi connectivity index (χ0n) is 16.8. The van der Waals surface area contributed by atoms with Crippen molar-refractivity contribution in [1.82, 2.24) is 4.90 Å². The summed E-state index contributed by atoms with van der Waals surface area (Å²) < 4.78 is 0. The monoisotopic (exact) mass is 371 g/mol. The van der Waals surface area contributed by atoms with E-state index in [2.05, 4.69) is 108 Å². The SMILES string of the molecule is Cc1ccc(N2CCN(C)CC2)cc1NC(c1ccccc1)c1ccccc1. The minimum absolute atomic E-state index is 0.129. The lowest BCUT2D eigenvalue weighted by molar-refractivity contribution is 0.313. The molecular weight excluding hydrogens is 342 g/mol. The van der Waals surface area contributed by atoms with Crippen molar-refractivity contribution >= 4 is 11.4 Å². The highest BCUT2D eigenvalue weighted by atomic mass is 15.2. The molecule has 3 nitrogen and oxygen atoms in total. The predicted molar refractivity (Wildman–Crippen MR) is 119 cm³/mol. The van der Waals surface area contributed by atoms with E-state index < -0.39 is 0 Å². The smallest absolute Gasteiger partial charge is 0.0767 e. The van der Waals surface area contributed by atoms with Crippen LogP contribution in [0.4, 0.5) is 11.4 Å². The molecule has 4 rings (SSSR count). The maximum atomic E-state index is 3.83. The molecular formula is C25H29N3. The molecule has 0 spiro atoms. The first-order valence-electron chi connectivity index (χ1n) is 10.1.